The molecule has 0 amide bonds. The minimum atomic E-state index is -1.29. The van der Waals surface area contributed by atoms with Gasteiger partial charge in [-0.25, -0.2) is 4.79 Å². The lowest BCUT2D eigenvalue weighted by atomic mass is 9.53. The summed E-state index contributed by atoms with van der Waals surface area (Å²) in [4.78, 5) is 37.0. The first kappa shape index (κ1) is 22.8. The minimum Gasteiger partial charge on any atom is -0.462 e. The van der Waals surface area contributed by atoms with Gasteiger partial charge >= 0.3 is 17.9 Å². The second kappa shape index (κ2) is 7.02. The number of carbonyl (C=O) groups is 3. The Morgan fingerprint density at radius 3 is 2.27 bits per heavy atom. The average Bonchev–Trinajstić information content (AvgIpc) is 3.60. The maximum atomic E-state index is 12.7. The lowest BCUT2D eigenvalue weighted by Gasteiger charge is -2.54. The first-order chi connectivity index (χ1) is 15.4. The van der Waals surface area contributed by atoms with Crippen LogP contribution in [-0.4, -0.2) is 70.8 Å². The molecule has 3 heterocycles. The third-order valence-electron chi connectivity index (χ3n) is 8.70. The maximum Gasteiger partial charge on any atom is 0.342 e. The highest BCUT2D eigenvalue weighted by Gasteiger charge is 2.87. The highest BCUT2D eigenvalue weighted by molar-refractivity contribution is 5.89. The number of esters is 3. The van der Waals surface area contributed by atoms with Crippen LogP contribution in [0.2, 0.25) is 0 Å². The molecule has 9 atom stereocenters. The molecule has 1 N–H and O–H groups in total. The maximum absolute atomic E-state index is 12.7. The molecule has 0 radical (unpaired) electrons. The normalized spacial score (nSPS) is 51.8. The Balaban J connectivity index is 1.69. The highest BCUT2D eigenvalue weighted by Crippen LogP contribution is 2.67. The zero-order valence-corrected chi connectivity index (χ0v) is 19.7. The standard InChI is InChI=1S/C24H32O9/c1-12-6-7-15(30-13(2)25)21(4)16(31-14(3)26)8-9-23(11-29-23)18(21)19(27)24-17(10-12)32-20(28)22(24,5)33-24/h10,15-19,27H,6-9,11H2,1-5H3/b12-10-/t15-,16-,17-,18+,19-,21-,22-,23+,24-/m1/s1. The predicted octanol–water partition coefficient (Wildman–Crippen LogP) is 1.59. The molecule has 4 fully saturated rings. The number of hydrogen-bond donors (Lipinski definition) is 1. The molecule has 9 nitrogen and oxygen atoms in total. The molecule has 9 heteroatoms. The van der Waals surface area contributed by atoms with E-state index in [4.69, 9.17) is 23.7 Å². The van der Waals surface area contributed by atoms with Crippen molar-refractivity contribution in [2.45, 2.75) is 102 Å². The van der Waals surface area contributed by atoms with Crippen molar-refractivity contribution in [2.75, 3.05) is 6.61 Å². The Morgan fingerprint density at radius 1 is 1.12 bits per heavy atom. The van der Waals surface area contributed by atoms with Gasteiger partial charge in [-0.15, -0.1) is 0 Å². The summed E-state index contributed by atoms with van der Waals surface area (Å²) >= 11 is 0. The molecule has 0 aromatic carbocycles. The fraction of sp³-hybridized carbons (Fsp3) is 0.792. The van der Waals surface area contributed by atoms with Crippen LogP contribution >= 0.6 is 0 Å². The lowest BCUT2D eigenvalue weighted by Crippen LogP contribution is -2.65. The number of epoxide rings is 2. The molecule has 2 spiro atoms. The van der Waals surface area contributed by atoms with E-state index in [2.05, 4.69) is 0 Å². The van der Waals surface area contributed by atoms with E-state index in [1.807, 2.05) is 19.9 Å². The molecular weight excluding hydrogens is 432 g/mol. The molecule has 0 aromatic rings. The Morgan fingerprint density at radius 2 is 1.73 bits per heavy atom. The molecule has 3 aliphatic heterocycles. The van der Waals surface area contributed by atoms with Crippen LogP contribution in [0.1, 0.15) is 60.3 Å². The summed E-state index contributed by atoms with van der Waals surface area (Å²) in [5.74, 6) is -2.03. The number of aliphatic hydroxyl groups excluding tert-OH is 1. The van der Waals surface area contributed by atoms with Gasteiger partial charge in [-0.2, -0.15) is 0 Å². The molecular formula is C24H32O9. The van der Waals surface area contributed by atoms with Crippen molar-refractivity contribution in [1.82, 2.24) is 0 Å². The SMILES string of the molecule is CC(=O)O[C@@H]1CC/C(C)=C\[C@H]2OC(=O)[C@@]3(C)O[C@@]23[C@H](O)[C@@H]2[C@]3(CC[C@@H](OC(C)=O)[C@]21C)CO3. The highest BCUT2D eigenvalue weighted by atomic mass is 16.7. The van der Waals surface area contributed by atoms with Gasteiger partial charge in [-0.05, 0) is 45.6 Å². The van der Waals surface area contributed by atoms with Gasteiger partial charge in [0.2, 0.25) is 0 Å². The number of rotatable bonds is 2. The Labute approximate surface area is 192 Å². The van der Waals surface area contributed by atoms with Crippen molar-refractivity contribution < 1.29 is 43.2 Å². The minimum absolute atomic E-state index is 0.422. The molecule has 2 aliphatic carbocycles. The smallest absolute Gasteiger partial charge is 0.342 e. The molecule has 0 unspecified atom stereocenters. The largest absolute Gasteiger partial charge is 0.462 e. The average molecular weight is 465 g/mol. The van der Waals surface area contributed by atoms with E-state index in [9.17, 15) is 19.5 Å². The van der Waals surface area contributed by atoms with Gasteiger partial charge in [0.25, 0.3) is 0 Å². The van der Waals surface area contributed by atoms with Gasteiger partial charge in [-0.3, -0.25) is 9.59 Å². The third kappa shape index (κ3) is 2.98. The second-order valence-electron chi connectivity index (χ2n) is 10.7. The second-order valence-corrected chi connectivity index (χ2v) is 10.7. The van der Waals surface area contributed by atoms with Gasteiger partial charge in [0.15, 0.2) is 17.3 Å². The van der Waals surface area contributed by atoms with Crippen LogP contribution in [0.15, 0.2) is 11.6 Å². The quantitative estimate of drug-likeness (QED) is 0.281. The third-order valence-corrected chi connectivity index (χ3v) is 8.70. The fourth-order valence-corrected chi connectivity index (χ4v) is 6.92. The zero-order valence-electron chi connectivity index (χ0n) is 19.7. The van der Waals surface area contributed by atoms with Crippen molar-refractivity contribution in [3.05, 3.63) is 11.6 Å². The van der Waals surface area contributed by atoms with Crippen LogP contribution in [0.4, 0.5) is 0 Å². The van der Waals surface area contributed by atoms with Crippen LogP contribution in [0, 0.1) is 11.3 Å². The van der Waals surface area contributed by atoms with E-state index in [-0.39, 0.29) is 0 Å². The zero-order chi connectivity index (χ0) is 24.0. The van der Waals surface area contributed by atoms with E-state index < -0.39 is 70.5 Å². The van der Waals surface area contributed by atoms with Gasteiger partial charge < -0.3 is 28.8 Å². The monoisotopic (exact) mass is 464 g/mol. The lowest BCUT2D eigenvalue weighted by molar-refractivity contribution is -0.215. The van der Waals surface area contributed by atoms with Crippen LogP contribution in [0.3, 0.4) is 0 Å². The molecule has 33 heavy (non-hydrogen) atoms. The first-order valence-corrected chi connectivity index (χ1v) is 11.7. The molecule has 0 aromatic heterocycles. The summed E-state index contributed by atoms with van der Waals surface area (Å²) in [6.07, 6.45) is 0.731. The van der Waals surface area contributed by atoms with Crippen LogP contribution in [0.25, 0.3) is 0 Å². The van der Waals surface area contributed by atoms with Gasteiger partial charge in [0.05, 0.1) is 18.3 Å². The van der Waals surface area contributed by atoms with Crippen molar-refractivity contribution in [2.24, 2.45) is 11.3 Å². The van der Waals surface area contributed by atoms with Crippen molar-refractivity contribution in [3.8, 4) is 0 Å². The molecule has 5 rings (SSSR count). The summed E-state index contributed by atoms with van der Waals surface area (Å²) in [5.41, 5.74) is -3.31. The van der Waals surface area contributed by atoms with Gasteiger partial charge in [-0.1, -0.05) is 12.5 Å². The van der Waals surface area contributed by atoms with Crippen molar-refractivity contribution in [1.29, 1.82) is 0 Å². The summed E-state index contributed by atoms with van der Waals surface area (Å²) in [6, 6.07) is 0. The fourth-order valence-electron chi connectivity index (χ4n) is 6.92. The van der Waals surface area contributed by atoms with E-state index >= 15 is 0 Å². The molecule has 1 saturated carbocycles. The van der Waals surface area contributed by atoms with E-state index in [0.29, 0.717) is 32.3 Å². The summed E-state index contributed by atoms with van der Waals surface area (Å²) in [5, 5.41) is 12.1. The first-order valence-electron chi connectivity index (χ1n) is 11.7. The van der Waals surface area contributed by atoms with Crippen LogP contribution in [0.5, 0.6) is 0 Å². The molecule has 0 bridgehead atoms. The van der Waals surface area contributed by atoms with Crippen molar-refractivity contribution in [3.63, 3.8) is 0 Å². The van der Waals surface area contributed by atoms with E-state index in [1.165, 1.54) is 13.8 Å². The summed E-state index contributed by atoms with van der Waals surface area (Å²) in [6.45, 7) is 8.57. The van der Waals surface area contributed by atoms with E-state index in [1.54, 1.807) is 6.92 Å². The number of hydrogen-bond acceptors (Lipinski definition) is 9. The van der Waals surface area contributed by atoms with Crippen LogP contribution in [-0.2, 0) is 38.1 Å². The molecule has 5 aliphatic rings. The molecule has 3 saturated heterocycles. The topological polar surface area (TPSA) is 124 Å². The summed E-state index contributed by atoms with van der Waals surface area (Å²) < 4.78 is 29.3. The molecule has 182 valence electrons. The number of carbonyl (C=O) groups excluding carboxylic acids is 3. The van der Waals surface area contributed by atoms with Gasteiger partial charge in [0.1, 0.15) is 12.2 Å². The number of aliphatic hydroxyl groups is 1. The van der Waals surface area contributed by atoms with E-state index in [0.717, 1.165) is 5.57 Å². The van der Waals surface area contributed by atoms with Crippen LogP contribution < -0.4 is 0 Å². The van der Waals surface area contributed by atoms with Gasteiger partial charge in [0, 0.05) is 25.2 Å². The Hall–Kier alpha value is -1.97. The Bertz CT molecular complexity index is 938. The Kier molecular flexibility index (Phi) is 4.85. The summed E-state index contributed by atoms with van der Waals surface area (Å²) in [7, 11) is 0. The number of fused-ring (bicyclic) bond motifs is 2. The predicted molar refractivity (Wildman–Crippen MR) is 112 cm³/mol. The number of allylic oxidation sites excluding steroid dienone is 1. The number of ether oxygens (including phenoxy) is 5. The van der Waals surface area contributed by atoms with Crippen molar-refractivity contribution >= 4 is 17.9 Å².